The molecule has 2 aromatic rings. The van der Waals surface area contributed by atoms with E-state index in [-0.39, 0.29) is 5.03 Å². The van der Waals surface area contributed by atoms with Crippen LogP contribution in [0.25, 0.3) is 10.9 Å². The number of aliphatic hydroxyl groups is 1. The van der Waals surface area contributed by atoms with Gasteiger partial charge in [0, 0.05) is 5.39 Å². The van der Waals surface area contributed by atoms with E-state index < -0.39 is 16.3 Å². The average Bonchev–Trinajstić information content (AvgIpc) is 2.67. The number of nitrogens with two attached hydrogens (primary N) is 1. The first-order valence-electron chi connectivity index (χ1n) is 5.26. The highest BCUT2D eigenvalue weighted by Crippen LogP contribution is 2.26. The van der Waals surface area contributed by atoms with Gasteiger partial charge in [0.05, 0.1) is 5.52 Å². The van der Waals surface area contributed by atoms with E-state index in [4.69, 9.17) is 5.14 Å². The zero-order chi connectivity index (χ0) is 12.6. The standard InChI is InChI=1S/C11H14N2O3S/c1-2-10(14)13-9-6-4-3-5-8(9)7-11(13)17(12,15)16/h3-7,10,14H,2H2,1H3,(H2,12,15,16). The van der Waals surface area contributed by atoms with Crippen LogP contribution >= 0.6 is 0 Å². The van der Waals surface area contributed by atoms with Gasteiger partial charge in [-0.3, -0.25) is 0 Å². The predicted octanol–water partition coefficient (Wildman–Crippen LogP) is 1.19. The normalized spacial score (nSPS) is 14.1. The summed E-state index contributed by atoms with van der Waals surface area (Å²) in [6.07, 6.45) is -0.496. The molecular formula is C11H14N2O3S. The number of hydrogen-bond donors (Lipinski definition) is 2. The monoisotopic (exact) mass is 254 g/mol. The number of fused-ring (bicyclic) bond motifs is 1. The average molecular weight is 254 g/mol. The largest absolute Gasteiger partial charge is 0.373 e. The van der Waals surface area contributed by atoms with Gasteiger partial charge in [-0.05, 0) is 18.6 Å². The topological polar surface area (TPSA) is 85.3 Å². The Balaban J connectivity index is 2.83. The number of para-hydroxylation sites is 1. The smallest absolute Gasteiger partial charge is 0.253 e. The summed E-state index contributed by atoms with van der Waals surface area (Å²) in [7, 11) is -3.85. The van der Waals surface area contributed by atoms with Gasteiger partial charge < -0.3 is 9.67 Å². The Morgan fingerprint density at radius 2 is 2.06 bits per heavy atom. The molecule has 0 radical (unpaired) electrons. The van der Waals surface area contributed by atoms with Crippen molar-refractivity contribution >= 4 is 20.9 Å². The van der Waals surface area contributed by atoms with Crippen LogP contribution in [0.4, 0.5) is 0 Å². The lowest BCUT2D eigenvalue weighted by atomic mass is 10.2. The lowest BCUT2D eigenvalue weighted by Gasteiger charge is -2.14. The van der Waals surface area contributed by atoms with Gasteiger partial charge in [-0.1, -0.05) is 25.1 Å². The molecule has 0 fully saturated rings. The molecule has 3 N–H and O–H groups in total. The Morgan fingerprint density at radius 3 is 2.65 bits per heavy atom. The molecule has 92 valence electrons. The van der Waals surface area contributed by atoms with Crippen LogP contribution in [-0.4, -0.2) is 18.1 Å². The Bertz CT molecular complexity index is 646. The van der Waals surface area contributed by atoms with Crippen molar-refractivity contribution in [3.05, 3.63) is 30.3 Å². The summed E-state index contributed by atoms with van der Waals surface area (Å²) >= 11 is 0. The van der Waals surface area contributed by atoms with Crippen molar-refractivity contribution in [1.29, 1.82) is 0 Å². The summed E-state index contributed by atoms with van der Waals surface area (Å²) in [5, 5.41) is 15.7. The van der Waals surface area contributed by atoms with Crippen molar-refractivity contribution in [3.63, 3.8) is 0 Å². The molecule has 0 saturated carbocycles. The summed E-state index contributed by atoms with van der Waals surface area (Å²) in [6, 6.07) is 8.60. The summed E-state index contributed by atoms with van der Waals surface area (Å²) in [5.41, 5.74) is 0.658. The molecular weight excluding hydrogens is 240 g/mol. The fourth-order valence-electron chi connectivity index (χ4n) is 1.86. The maximum absolute atomic E-state index is 11.5. The van der Waals surface area contributed by atoms with E-state index in [1.807, 2.05) is 0 Å². The zero-order valence-electron chi connectivity index (χ0n) is 9.37. The molecule has 1 atom stereocenters. The van der Waals surface area contributed by atoms with E-state index in [9.17, 15) is 13.5 Å². The minimum atomic E-state index is -3.85. The molecule has 1 aromatic heterocycles. The van der Waals surface area contributed by atoms with Crippen LogP contribution in [0, 0.1) is 0 Å². The quantitative estimate of drug-likeness (QED) is 0.862. The van der Waals surface area contributed by atoms with E-state index in [1.54, 1.807) is 31.2 Å². The number of primary sulfonamides is 1. The third-order valence-corrected chi connectivity index (χ3v) is 3.56. The minimum absolute atomic E-state index is 0.0620. The van der Waals surface area contributed by atoms with E-state index in [0.29, 0.717) is 11.9 Å². The molecule has 0 bridgehead atoms. The number of aromatic nitrogens is 1. The summed E-state index contributed by atoms with van der Waals surface area (Å²) < 4.78 is 24.3. The van der Waals surface area contributed by atoms with Gasteiger partial charge in [0.25, 0.3) is 10.0 Å². The Kier molecular flexibility index (Phi) is 2.94. The van der Waals surface area contributed by atoms with Crippen molar-refractivity contribution in [3.8, 4) is 0 Å². The Hall–Kier alpha value is -1.37. The molecule has 0 aliphatic heterocycles. The van der Waals surface area contributed by atoms with E-state index in [0.717, 1.165) is 5.39 Å². The number of benzene rings is 1. The molecule has 1 aromatic carbocycles. The van der Waals surface area contributed by atoms with Crippen molar-refractivity contribution in [1.82, 2.24) is 4.57 Å². The number of hydrogen-bond acceptors (Lipinski definition) is 3. The van der Waals surface area contributed by atoms with Crippen LogP contribution in [0.5, 0.6) is 0 Å². The van der Waals surface area contributed by atoms with Gasteiger partial charge in [0.2, 0.25) is 0 Å². The van der Waals surface area contributed by atoms with Crippen LogP contribution in [0.3, 0.4) is 0 Å². The van der Waals surface area contributed by atoms with Crippen molar-refractivity contribution < 1.29 is 13.5 Å². The van der Waals surface area contributed by atoms with Gasteiger partial charge in [-0.25, -0.2) is 13.6 Å². The van der Waals surface area contributed by atoms with Crippen LogP contribution < -0.4 is 5.14 Å². The maximum Gasteiger partial charge on any atom is 0.253 e. The van der Waals surface area contributed by atoms with Crippen LogP contribution in [0.2, 0.25) is 0 Å². The minimum Gasteiger partial charge on any atom is -0.373 e. The summed E-state index contributed by atoms with van der Waals surface area (Å²) in [6.45, 7) is 1.77. The first kappa shape index (κ1) is 12.1. The highest BCUT2D eigenvalue weighted by molar-refractivity contribution is 7.89. The first-order chi connectivity index (χ1) is 7.95. The summed E-state index contributed by atoms with van der Waals surface area (Å²) in [4.78, 5) is 0. The van der Waals surface area contributed by atoms with Gasteiger partial charge >= 0.3 is 0 Å². The Labute approximate surface area is 99.5 Å². The molecule has 0 aliphatic carbocycles. The molecule has 1 heterocycles. The van der Waals surface area contributed by atoms with Crippen LogP contribution in [0.1, 0.15) is 19.6 Å². The second-order valence-electron chi connectivity index (χ2n) is 3.85. The van der Waals surface area contributed by atoms with E-state index >= 15 is 0 Å². The van der Waals surface area contributed by atoms with Crippen molar-refractivity contribution in [2.24, 2.45) is 5.14 Å². The van der Waals surface area contributed by atoms with Gasteiger partial charge in [-0.15, -0.1) is 0 Å². The van der Waals surface area contributed by atoms with Gasteiger partial charge in [-0.2, -0.15) is 0 Å². The SMILES string of the molecule is CCC(O)n1c(S(N)(=O)=O)cc2ccccc21. The fraction of sp³-hybridized carbons (Fsp3) is 0.273. The Morgan fingerprint density at radius 1 is 1.41 bits per heavy atom. The molecule has 0 saturated heterocycles. The predicted molar refractivity (Wildman–Crippen MR) is 64.9 cm³/mol. The molecule has 17 heavy (non-hydrogen) atoms. The second kappa shape index (κ2) is 4.14. The van der Waals surface area contributed by atoms with Gasteiger partial charge in [0.1, 0.15) is 6.23 Å². The molecule has 0 aliphatic rings. The summed E-state index contributed by atoms with van der Waals surface area (Å²) in [5.74, 6) is 0. The lowest BCUT2D eigenvalue weighted by Crippen LogP contribution is -2.19. The maximum atomic E-state index is 11.5. The van der Waals surface area contributed by atoms with Crippen molar-refractivity contribution in [2.45, 2.75) is 24.6 Å². The highest BCUT2D eigenvalue weighted by Gasteiger charge is 2.21. The molecule has 5 nitrogen and oxygen atoms in total. The fourth-order valence-corrected chi connectivity index (χ4v) is 2.64. The lowest BCUT2D eigenvalue weighted by molar-refractivity contribution is 0.0961. The van der Waals surface area contributed by atoms with Crippen LogP contribution in [0.15, 0.2) is 35.4 Å². The van der Waals surface area contributed by atoms with E-state index in [2.05, 4.69) is 0 Å². The number of aliphatic hydroxyl groups excluding tert-OH is 1. The molecule has 1 unspecified atom stereocenters. The molecule has 2 rings (SSSR count). The van der Waals surface area contributed by atoms with Gasteiger partial charge in [0.15, 0.2) is 5.03 Å². The number of rotatable bonds is 3. The van der Waals surface area contributed by atoms with Crippen molar-refractivity contribution in [2.75, 3.05) is 0 Å². The highest BCUT2D eigenvalue weighted by atomic mass is 32.2. The molecule has 6 heteroatoms. The van der Waals surface area contributed by atoms with E-state index in [1.165, 1.54) is 10.6 Å². The second-order valence-corrected chi connectivity index (χ2v) is 5.35. The van der Waals surface area contributed by atoms with Crippen LogP contribution in [-0.2, 0) is 10.0 Å². The zero-order valence-corrected chi connectivity index (χ0v) is 10.2. The third kappa shape index (κ3) is 2.06. The number of sulfonamides is 1. The molecule has 0 spiro atoms. The number of nitrogens with zero attached hydrogens (tertiary/aromatic N) is 1. The molecule has 0 amide bonds. The third-order valence-electron chi connectivity index (χ3n) is 2.67. The first-order valence-corrected chi connectivity index (χ1v) is 6.80.